The summed E-state index contributed by atoms with van der Waals surface area (Å²) in [5, 5.41) is 2.87. The first-order valence-electron chi connectivity index (χ1n) is 7.73. The first kappa shape index (κ1) is 17.1. The predicted octanol–water partition coefficient (Wildman–Crippen LogP) is 2.98. The average Bonchev–Trinajstić information content (AvgIpc) is 3.09. The maximum absolute atomic E-state index is 13.5. The van der Waals surface area contributed by atoms with Gasteiger partial charge >= 0.3 is 0 Å². The van der Waals surface area contributed by atoms with Crippen LogP contribution in [0.5, 0.6) is 0 Å². The van der Waals surface area contributed by atoms with Crippen molar-refractivity contribution < 1.29 is 18.3 Å². The van der Waals surface area contributed by atoms with Crippen molar-refractivity contribution in [3.8, 4) is 0 Å². The smallest absolute Gasteiger partial charge is 0.251 e. The maximum atomic E-state index is 13.5. The van der Waals surface area contributed by atoms with Gasteiger partial charge < -0.3 is 14.5 Å². The van der Waals surface area contributed by atoms with E-state index in [1.165, 1.54) is 12.1 Å². The van der Waals surface area contributed by atoms with E-state index < -0.39 is 5.82 Å². The molecule has 3 rings (SSSR count). The normalized spacial score (nSPS) is 16.8. The molecule has 0 spiro atoms. The molecule has 24 heavy (non-hydrogen) atoms. The summed E-state index contributed by atoms with van der Waals surface area (Å²) < 4.78 is 24.9. The van der Waals surface area contributed by atoms with E-state index in [-0.39, 0.29) is 17.5 Å². The number of nitrogens with one attached hydrogen (secondary N) is 1. The van der Waals surface area contributed by atoms with Crippen LogP contribution in [0.4, 0.5) is 4.39 Å². The van der Waals surface area contributed by atoms with Gasteiger partial charge in [0.2, 0.25) is 0 Å². The standard InChI is InChI=1S/C17H18BrFN2O3/c18-13-8-12(9-14(19)10-13)17(22)20-11-15(16-2-1-5-24-16)21-3-6-23-7-4-21/h1-2,5,8-10,15H,3-4,6-7,11H2,(H,20,22). The van der Waals surface area contributed by atoms with Gasteiger partial charge in [0.1, 0.15) is 11.6 Å². The molecular formula is C17H18BrFN2O3. The third-order valence-electron chi connectivity index (χ3n) is 3.94. The molecule has 0 aliphatic carbocycles. The second-order valence-corrected chi connectivity index (χ2v) is 6.46. The van der Waals surface area contributed by atoms with Gasteiger partial charge in [0, 0.05) is 29.7 Å². The van der Waals surface area contributed by atoms with Crippen LogP contribution in [0.2, 0.25) is 0 Å². The molecule has 1 fully saturated rings. The van der Waals surface area contributed by atoms with E-state index in [1.807, 2.05) is 12.1 Å². The summed E-state index contributed by atoms with van der Waals surface area (Å²) in [6.07, 6.45) is 1.62. The minimum atomic E-state index is -0.453. The van der Waals surface area contributed by atoms with Crippen molar-refractivity contribution in [1.82, 2.24) is 10.2 Å². The lowest BCUT2D eigenvalue weighted by molar-refractivity contribution is 0.0118. The molecule has 1 aliphatic heterocycles. The van der Waals surface area contributed by atoms with E-state index in [0.29, 0.717) is 24.2 Å². The first-order chi connectivity index (χ1) is 11.6. The van der Waals surface area contributed by atoms with Crippen LogP contribution >= 0.6 is 15.9 Å². The zero-order valence-corrected chi connectivity index (χ0v) is 14.6. The molecule has 1 amide bonds. The second-order valence-electron chi connectivity index (χ2n) is 5.55. The van der Waals surface area contributed by atoms with Crippen LogP contribution in [-0.4, -0.2) is 43.7 Å². The molecule has 5 nitrogen and oxygen atoms in total. The van der Waals surface area contributed by atoms with E-state index in [4.69, 9.17) is 9.15 Å². The van der Waals surface area contributed by atoms with Crippen molar-refractivity contribution in [2.24, 2.45) is 0 Å². The highest BCUT2D eigenvalue weighted by molar-refractivity contribution is 9.10. The molecule has 2 aromatic rings. The SMILES string of the molecule is O=C(NCC(c1ccco1)N1CCOCC1)c1cc(F)cc(Br)c1. The Hall–Kier alpha value is -1.70. The Morgan fingerprint density at radius 3 is 2.79 bits per heavy atom. The Bertz CT molecular complexity index is 667. The van der Waals surface area contributed by atoms with Crippen LogP contribution in [0.3, 0.4) is 0 Å². The number of halogens is 2. The molecule has 1 aromatic carbocycles. The van der Waals surface area contributed by atoms with Crippen LogP contribution in [0.15, 0.2) is 45.5 Å². The Balaban J connectivity index is 1.69. The van der Waals surface area contributed by atoms with Crippen LogP contribution in [0, 0.1) is 5.82 Å². The zero-order chi connectivity index (χ0) is 16.9. The van der Waals surface area contributed by atoms with Gasteiger partial charge in [-0.2, -0.15) is 0 Å². The topological polar surface area (TPSA) is 54.7 Å². The van der Waals surface area contributed by atoms with Crippen molar-refractivity contribution in [3.63, 3.8) is 0 Å². The van der Waals surface area contributed by atoms with Gasteiger partial charge in [-0.25, -0.2) is 4.39 Å². The number of carbonyl (C=O) groups excluding carboxylic acids is 1. The summed E-state index contributed by atoms with van der Waals surface area (Å²) in [6.45, 7) is 3.23. The third kappa shape index (κ3) is 4.23. The molecule has 2 heterocycles. The number of furan rings is 1. The second kappa shape index (κ2) is 7.92. The molecule has 7 heteroatoms. The van der Waals surface area contributed by atoms with Gasteiger partial charge in [0.25, 0.3) is 5.91 Å². The van der Waals surface area contributed by atoms with E-state index in [9.17, 15) is 9.18 Å². The van der Waals surface area contributed by atoms with E-state index in [0.717, 1.165) is 18.8 Å². The van der Waals surface area contributed by atoms with E-state index in [2.05, 4.69) is 26.1 Å². The van der Waals surface area contributed by atoms with Gasteiger partial charge in [-0.05, 0) is 30.3 Å². The van der Waals surface area contributed by atoms with Gasteiger partial charge in [-0.1, -0.05) is 15.9 Å². The molecule has 0 radical (unpaired) electrons. The fourth-order valence-corrected chi connectivity index (χ4v) is 3.22. The van der Waals surface area contributed by atoms with E-state index in [1.54, 1.807) is 12.3 Å². The van der Waals surface area contributed by atoms with Gasteiger partial charge in [0.05, 0.1) is 25.5 Å². The molecule has 1 N–H and O–H groups in total. The van der Waals surface area contributed by atoms with Crippen molar-refractivity contribution in [1.29, 1.82) is 0 Å². The van der Waals surface area contributed by atoms with Crippen molar-refractivity contribution >= 4 is 21.8 Å². The summed E-state index contributed by atoms with van der Waals surface area (Å²) in [4.78, 5) is 14.5. The molecule has 1 atom stereocenters. The number of hydrogen-bond donors (Lipinski definition) is 1. The summed E-state index contributed by atoms with van der Waals surface area (Å²) in [7, 11) is 0. The Kier molecular flexibility index (Phi) is 5.65. The summed E-state index contributed by atoms with van der Waals surface area (Å²) in [5.74, 6) is 0.0166. The number of rotatable bonds is 5. The lowest BCUT2D eigenvalue weighted by Crippen LogP contribution is -2.43. The predicted molar refractivity (Wildman–Crippen MR) is 90.3 cm³/mol. The Labute approximate surface area is 147 Å². The quantitative estimate of drug-likeness (QED) is 0.843. The first-order valence-corrected chi connectivity index (χ1v) is 8.52. The molecule has 128 valence electrons. The summed E-state index contributed by atoms with van der Waals surface area (Å²) >= 11 is 3.20. The Morgan fingerprint density at radius 1 is 1.33 bits per heavy atom. The number of nitrogens with zero attached hydrogens (tertiary/aromatic N) is 1. The highest BCUT2D eigenvalue weighted by Crippen LogP contribution is 2.22. The van der Waals surface area contributed by atoms with Crippen molar-refractivity contribution in [3.05, 3.63) is 58.2 Å². The lowest BCUT2D eigenvalue weighted by Gasteiger charge is -2.33. The van der Waals surface area contributed by atoms with Crippen LogP contribution in [0.1, 0.15) is 22.2 Å². The zero-order valence-electron chi connectivity index (χ0n) is 13.0. The van der Waals surface area contributed by atoms with Crippen LogP contribution in [-0.2, 0) is 4.74 Å². The summed E-state index contributed by atoms with van der Waals surface area (Å²) in [6, 6.07) is 7.77. The molecular weight excluding hydrogens is 379 g/mol. The fraction of sp³-hybridized carbons (Fsp3) is 0.353. The number of benzene rings is 1. The molecule has 0 saturated carbocycles. The highest BCUT2D eigenvalue weighted by atomic mass is 79.9. The minimum Gasteiger partial charge on any atom is -0.468 e. The lowest BCUT2D eigenvalue weighted by atomic mass is 10.1. The molecule has 1 unspecified atom stereocenters. The molecule has 1 aromatic heterocycles. The average molecular weight is 397 g/mol. The van der Waals surface area contributed by atoms with Gasteiger partial charge in [-0.3, -0.25) is 9.69 Å². The van der Waals surface area contributed by atoms with Crippen molar-refractivity contribution in [2.45, 2.75) is 6.04 Å². The largest absolute Gasteiger partial charge is 0.468 e. The molecule has 1 aliphatic rings. The fourth-order valence-electron chi connectivity index (χ4n) is 2.76. The van der Waals surface area contributed by atoms with Gasteiger partial charge in [-0.15, -0.1) is 0 Å². The Morgan fingerprint density at radius 2 is 2.12 bits per heavy atom. The van der Waals surface area contributed by atoms with Gasteiger partial charge in [0.15, 0.2) is 0 Å². The number of amides is 1. The molecule has 1 saturated heterocycles. The number of morpholine rings is 1. The summed E-state index contributed by atoms with van der Waals surface area (Å²) in [5.41, 5.74) is 0.280. The molecule has 0 bridgehead atoms. The van der Waals surface area contributed by atoms with E-state index >= 15 is 0 Å². The number of carbonyl (C=O) groups is 1. The van der Waals surface area contributed by atoms with Crippen molar-refractivity contribution in [2.75, 3.05) is 32.8 Å². The monoisotopic (exact) mass is 396 g/mol. The number of hydrogen-bond acceptors (Lipinski definition) is 4. The van der Waals surface area contributed by atoms with Crippen LogP contribution in [0.25, 0.3) is 0 Å². The van der Waals surface area contributed by atoms with Crippen LogP contribution < -0.4 is 5.32 Å². The highest BCUT2D eigenvalue weighted by Gasteiger charge is 2.25. The minimum absolute atomic E-state index is 0.0788. The maximum Gasteiger partial charge on any atom is 0.251 e. The number of ether oxygens (including phenoxy) is 1. The third-order valence-corrected chi connectivity index (χ3v) is 4.40.